The van der Waals surface area contributed by atoms with Gasteiger partial charge in [-0.05, 0) is 49.1 Å². The summed E-state index contributed by atoms with van der Waals surface area (Å²) in [6, 6.07) is 14.1. The molecular formula is C20H23ClN2O3. The highest BCUT2D eigenvalue weighted by molar-refractivity contribution is 6.30. The van der Waals surface area contributed by atoms with Crippen molar-refractivity contribution in [2.24, 2.45) is 5.73 Å². The minimum atomic E-state index is -0.661. The van der Waals surface area contributed by atoms with Crippen molar-refractivity contribution < 1.29 is 14.3 Å². The minimum Gasteiger partial charge on any atom is -0.465 e. The normalized spacial score (nSPS) is 13.0. The number of halogens is 1. The number of nitrogens with two attached hydrogens (primary N) is 1. The third kappa shape index (κ3) is 5.58. The van der Waals surface area contributed by atoms with Crippen LogP contribution in [0.1, 0.15) is 19.4 Å². The zero-order valence-electron chi connectivity index (χ0n) is 14.9. The highest BCUT2D eigenvalue weighted by atomic mass is 35.5. The average molecular weight is 375 g/mol. The van der Waals surface area contributed by atoms with Crippen molar-refractivity contribution in [3.05, 3.63) is 59.1 Å². The molecular weight excluding hydrogens is 352 g/mol. The summed E-state index contributed by atoms with van der Waals surface area (Å²) < 4.78 is 4.94. The topological polar surface area (TPSA) is 81.4 Å². The Labute approximate surface area is 158 Å². The highest BCUT2D eigenvalue weighted by Gasteiger charge is 2.22. The van der Waals surface area contributed by atoms with E-state index in [0.717, 1.165) is 16.7 Å². The fraction of sp³-hybridized carbons (Fsp3) is 0.300. The molecule has 0 spiro atoms. The molecule has 138 valence electrons. The van der Waals surface area contributed by atoms with Crippen LogP contribution >= 0.6 is 11.6 Å². The molecule has 0 bridgehead atoms. The Kier molecular flexibility index (Phi) is 7.18. The van der Waals surface area contributed by atoms with Gasteiger partial charge in [0.25, 0.3) is 0 Å². The Morgan fingerprint density at radius 3 is 2.42 bits per heavy atom. The molecule has 0 fully saturated rings. The van der Waals surface area contributed by atoms with E-state index in [1.54, 1.807) is 13.8 Å². The van der Waals surface area contributed by atoms with Gasteiger partial charge in [0.05, 0.1) is 12.6 Å². The summed E-state index contributed by atoms with van der Waals surface area (Å²) in [5, 5.41) is 3.61. The van der Waals surface area contributed by atoms with E-state index in [0.29, 0.717) is 11.4 Å². The summed E-state index contributed by atoms with van der Waals surface area (Å²) >= 11 is 6.03. The van der Waals surface area contributed by atoms with Crippen LogP contribution in [-0.4, -0.2) is 30.6 Å². The van der Waals surface area contributed by atoms with Crippen LogP contribution in [0.3, 0.4) is 0 Å². The van der Waals surface area contributed by atoms with Gasteiger partial charge in [0.15, 0.2) is 0 Å². The van der Waals surface area contributed by atoms with Gasteiger partial charge in [-0.2, -0.15) is 0 Å². The summed E-state index contributed by atoms with van der Waals surface area (Å²) in [5.41, 5.74) is 8.46. The van der Waals surface area contributed by atoms with Crippen LogP contribution in [-0.2, 0) is 20.7 Å². The van der Waals surface area contributed by atoms with Crippen molar-refractivity contribution >= 4 is 23.5 Å². The van der Waals surface area contributed by atoms with Crippen LogP contribution in [0.4, 0.5) is 0 Å². The van der Waals surface area contributed by atoms with Gasteiger partial charge in [-0.3, -0.25) is 14.9 Å². The predicted octanol–water partition coefficient (Wildman–Crippen LogP) is 2.94. The number of benzene rings is 2. The maximum Gasteiger partial charge on any atom is 0.322 e. The Bertz CT molecular complexity index is 762. The minimum absolute atomic E-state index is 0.289. The molecule has 2 aromatic carbocycles. The first kappa shape index (κ1) is 19.9. The molecule has 0 unspecified atom stereocenters. The third-order valence-electron chi connectivity index (χ3n) is 3.99. The first-order valence-electron chi connectivity index (χ1n) is 8.47. The van der Waals surface area contributed by atoms with E-state index in [1.165, 1.54) is 0 Å². The molecule has 0 aliphatic carbocycles. The Hall–Kier alpha value is -2.37. The lowest BCUT2D eigenvalue weighted by molar-refractivity contribution is -0.145. The molecule has 6 heteroatoms. The summed E-state index contributed by atoms with van der Waals surface area (Å²) in [5.74, 6) is -0.921. The number of esters is 1. The van der Waals surface area contributed by atoms with E-state index < -0.39 is 24.0 Å². The molecule has 26 heavy (non-hydrogen) atoms. The van der Waals surface area contributed by atoms with Crippen molar-refractivity contribution in [2.45, 2.75) is 32.4 Å². The van der Waals surface area contributed by atoms with Gasteiger partial charge >= 0.3 is 5.97 Å². The second-order valence-corrected chi connectivity index (χ2v) is 6.44. The molecule has 3 N–H and O–H groups in total. The number of amides is 1. The van der Waals surface area contributed by atoms with Gasteiger partial charge in [-0.1, -0.05) is 48.0 Å². The van der Waals surface area contributed by atoms with Gasteiger partial charge in [0, 0.05) is 5.02 Å². The molecule has 0 heterocycles. The molecule has 0 aromatic heterocycles. The molecule has 0 aliphatic rings. The fourth-order valence-electron chi connectivity index (χ4n) is 2.62. The predicted molar refractivity (Wildman–Crippen MR) is 103 cm³/mol. The summed E-state index contributed by atoms with van der Waals surface area (Å²) in [7, 11) is 0. The molecule has 2 aromatic rings. The monoisotopic (exact) mass is 374 g/mol. The number of hydrogen-bond acceptors (Lipinski definition) is 4. The largest absolute Gasteiger partial charge is 0.465 e. The summed E-state index contributed by atoms with van der Waals surface area (Å²) in [4.78, 5) is 23.5. The van der Waals surface area contributed by atoms with Gasteiger partial charge in [0.1, 0.15) is 6.04 Å². The number of carbonyl (C=O) groups is 2. The molecule has 2 atom stereocenters. The van der Waals surface area contributed by atoms with Crippen LogP contribution in [0, 0.1) is 0 Å². The van der Waals surface area contributed by atoms with Crippen molar-refractivity contribution in [3.63, 3.8) is 0 Å². The fourth-order valence-corrected chi connectivity index (χ4v) is 2.81. The van der Waals surface area contributed by atoms with E-state index in [9.17, 15) is 9.59 Å². The van der Waals surface area contributed by atoms with Gasteiger partial charge in [-0.15, -0.1) is 0 Å². The zero-order valence-corrected chi connectivity index (χ0v) is 15.6. The van der Waals surface area contributed by atoms with Crippen LogP contribution < -0.4 is 11.1 Å². The highest BCUT2D eigenvalue weighted by Crippen LogP contribution is 2.23. The number of ether oxygens (including phenoxy) is 1. The van der Waals surface area contributed by atoms with Crippen molar-refractivity contribution in [1.82, 2.24) is 5.32 Å². The molecule has 0 saturated heterocycles. The van der Waals surface area contributed by atoms with E-state index in [1.807, 2.05) is 48.5 Å². The Morgan fingerprint density at radius 1 is 1.15 bits per heavy atom. The standard InChI is InChI=1S/C20H23ClN2O3/c1-3-26-20(25)13(2)23-18(19(22)24)11-14-7-9-15(10-8-14)16-5-4-6-17(21)12-16/h4-10,12-13,18,23H,3,11H2,1-2H3,(H2,22,24)/t13-,18-/m0/s1. The lowest BCUT2D eigenvalue weighted by atomic mass is 10.00. The number of hydrogen-bond donors (Lipinski definition) is 2. The first-order valence-corrected chi connectivity index (χ1v) is 8.85. The smallest absolute Gasteiger partial charge is 0.322 e. The van der Waals surface area contributed by atoms with Crippen LogP contribution in [0.5, 0.6) is 0 Å². The number of primary amides is 1. The maximum atomic E-state index is 11.7. The third-order valence-corrected chi connectivity index (χ3v) is 4.22. The lowest BCUT2D eigenvalue weighted by Crippen LogP contribution is -2.49. The van der Waals surface area contributed by atoms with E-state index >= 15 is 0 Å². The number of carbonyl (C=O) groups excluding carboxylic acids is 2. The first-order chi connectivity index (χ1) is 12.4. The lowest BCUT2D eigenvalue weighted by Gasteiger charge is -2.20. The SMILES string of the molecule is CCOC(=O)[C@H](C)N[C@@H](Cc1ccc(-c2cccc(Cl)c2)cc1)C(N)=O. The molecule has 5 nitrogen and oxygen atoms in total. The van der Waals surface area contributed by atoms with E-state index in [2.05, 4.69) is 5.32 Å². The second kappa shape index (κ2) is 9.36. The van der Waals surface area contributed by atoms with Crippen molar-refractivity contribution in [3.8, 4) is 11.1 Å². The quantitative estimate of drug-likeness (QED) is 0.696. The van der Waals surface area contributed by atoms with Crippen LogP contribution in [0.25, 0.3) is 11.1 Å². The number of rotatable bonds is 8. The van der Waals surface area contributed by atoms with E-state index in [4.69, 9.17) is 22.1 Å². The van der Waals surface area contributed by atoms with E-state index in [-0.39, 0.29) is 6.61 Å². The van der Waals surface area contributed by atoms with Crippen LogP contribution in [0.2, 0.25) is 5.02 Å². The molecule has 0 aliphatic heterocycles. The Balaban J connectivity index is 2.07. The zero-order chi connectivity index (χ0) is 19.1. The van der Waals surface area contributed by atoms with Crippen molar-refractivity contribution in [2.75, 3.05) is 6.61 Å². The van der Waals surface area contributed by atoms with Gasteiger partial charge in [0.2, 0.25) is 5.91 Å². The maximum absolute atomic E-state index is 11.7. The molecule has 0 radical (unpaired) electrons. The summed E-state index contributed by atoms with van der Waals surface area (Å²) in [6.45, 7) is 3.67. The van der Waals surface area contributed by atoms with Crippen molar-refractivity contribution in [1.29, 1.82) is 0 Å². The number of nitrogens with one attached hydrogen (secondary N) is 1. The molecule has 2 rings (SSSR count). The molecule has 1 amide bonds. The van der Waals surface area contributed by atoms with Gasteiger partial charge < -0.3 is 10.5 Å². The second-order valence-electron chi connectivity index (χ2n) is 6.01. The van der Waals surface area contributed by atoms with Crippen LogP contribution in [0.15, 0.2) is 48.5 Å². The summed E-state index contributed by atoms with van der Waals surface area (Å²) in [6.07, 6.45) is 0.384. The van der Waals surface area contributed by atoms with Gasteiger partial charge in [-0.25, -0.2) is 0 Å². The Morgan fingerprint density at radius 2 is 1.85 bits per heavy atom. The average Bonchev–Trinajstić information content (AvgIpc) is 2.61. The molecule has 0 saturated carbocycles.